The molecule has 106 valence electrons. The summed E-state index contributed by atoms with van der Waals surface area (Å²) in [5.41, 5.74) is 0. The second-order valence-corrected chi connectivity index (χ2v) is 7.54. The van der Waals surface area contributed by atoms with Crippen LogP contribution in [-0.4, -0.2) is 38.4 Å². The summed E-state index contributed by atoms with van der Waals surface area (Å²) in [7, 11) is -3.70. The molecule has 0 radical (unpaired) electrons. The maximum Gasteiger partial charge on any atom is 0.246 e. The molecule has 0 aromatic heterocycles. The Morgan fingerprint density at radius 2 is 1.84 bits per heavy atom. The Labute approximate surface area is 127 Å². The predicted molar refractivity (Wildman–Crippen MR) is 77.7 cm³/mol. The fraction of sp³-hybridized carbons (Fsp3) is 0.455. The van der Waals surface area contributed by atoms with Gasteiger partial charge in [0.05, 0.1) is 10.0 Å². The van der Waals surface area contributed by atoms with Crippen molar-refractivity contribution in [3.8, 4) is 0 Å². The van der Waals surface area contributed by atoms with Crippen LogP contribution in [0.3, 0.4) is 0 Å². The smallest absolute Gasteiger partial charge is 0.246 e. The molecular formula is C11H13Cl3N2O2S. The zero-order valence-corrected chi connectivity index (χ0v) is 13.2. The highest BCUT2D eigenvalue weighted by atomic mass is 35.5. The van der Waals surface area contributed by atoms with Gasteiger partial charge >= 0.3 is 0 Å². The largest absolute Gasteiger partial charge is 0.312 e. The first kappa shape index (κ1) is 15.4. The van der Waals surface area contributed by atoms with Gasteiger partial charge in [0.25, 0.3) is 0 Å². The number of hydrogen-bond acceptors (Lipinski definition) is 3. The van der Waals surface area contributed by atoms with E-state index in [1.54, 1.807) is 0 Å². The van der Waals surface area contributed by atoms with Crippen molar-refractivity contribution in [1.82, 2.24) is 9.62 Å². The molecule has 2 rings (SSSR count). The lowest BCUT2D eigenvalue weighted by Crippen LogP contribution is -2.51. The molecule has 1 fully saturated rings. The van der Waals surface area contributed by atoms with Crippen molar-refractivity contribution >= 4 is 44.8 Å². The van der Waals surface area contributed by atoms with Crippen molar-refractivity contribution in [3.05, 3.63) is 27.2 Å². The van der Waals surface area contributed by atoms with E-state index in [2.05, 4.69) is 5.32 Å². The topological polar surface area (TPSA) is 49.4 Å². The van der Waals surface area contributed by atoms with Gasteiger partial charge in [0.15, 0.2) is 0 Å². The Morgan fingerprint density at radius 1 is 1.26 bits per heavy atom. The lowest BCUT2D eigenvalue weighted by molar-refractivity contribution is 0.310. The van der Waals surface area contributed by atoms with Crippen LogP contribution in [0.1, 0.15) is 6.92 Å². The molecule has 0 amide bonds. The van der Waals surface area contributed by atoms with Crippen LogP contribution in [-0.2, 0) is 10.0 Å². The summed E-state index contributed by atoms with van der Waals surface area (Å²) in [6, 6.07) is 2.86. The second kappa shape index (κ2) is 5.76. The number of sulfonamides is 1. The third-order valence-electron chi connectivity index (χ3n) is 2.89. The van der Waals surface area contributed by atoms with Gasteiger partial charge in [-0.2, -0.15) is 4.31 Å². The first-order valence-corrected chi connectivity index (χ1v) is 8.28. The number of nitrogens with zero attached hydrogens (tertiary/aromatic N) is 1. The van der Waals surface area contributed by atoms with Gasteiger partial charge in [0.1, 0.15) is 4.90 Å². The van der Waals surface area contributed by atoms with Crippen molar-refractivity contribution in [2.45, 2.75) is 17.9 Å². The summed E-state index contributed by atoms with van der Waals surface area (Å²) < 4.78 is 26.5. The highest BCUT2D eigenvalue weighted by molar-refractivity contribution is 7.89. The number of halogens is 3. The summed E-state index contributed by atoms with van der Waals surface area (Å²) in [5, 5.41) is 3.58. The highest BCUT2D eigenvalue weighted by Crippen LogP contribution is 2.34. The van der Waals surface area contributed by atoms with E-state index in [0.717, 1.165) is 0 Å². The van der Waals surface area contributed by atoms with Crippen LogP contribution in [0.2, 0.25) is 15.1 Å². The molecule has 0 bridgehead atoms. The molecule has 1 aromatic carbocycles. The van der Waals surface area contributed by atoms with Crippen LogP contribution >= 0.6 is 34.8 Å². The molecule has 0 saturated carbocycles. The monoisotopic (exact) mass is 342 g/mol. The van der Waals surface area contributed by atoms with E-state index in [4.69, 9.17) is 34.8 Å². The minimum absolute atomic E-state index is 0.0451. The van der Waals surface area contributed by atoms with E-state index in [-0.39, 0.29) is 21.0 Å². The van der Waals surface area contributed by atoms with Crippen LogP contribution in [0.4, 0.5) is 0 Å². The van der Waals surface area contributed by atoms with Crippen LogP contribution in [0.15, 0.2) is 17.0 Å². The zero-order valence-electron chi connectivity index (χ0n) is 10.2. The van der Waals surface area contributed by atoms with Crippen molar-refractivity contribution in [3.63, 3.8) is 0 Å². The third kappa shape index (κ3) is 3.17. The second-order valence-electron chi connectivity index (χ2n) is 4.42. The average Bonchev–Trinajstić information content (AvgIpc) is 2.26. The molecule has 1 saturated heterocycles. The first-order valence-electron chi connectivity index (χ1n) is 5.70. The Hall–Kier alpha value is -0.0400. The fourth-order valence-electron chi connectivity index (χ4n) is 2.02. The summed E-state index contributed by atoms with van der Waals surface area (Å²) in [6.45, 7) is 3.30. The van der Waals surface area contributed by atoms with Gasteiger partial charge in [-0.3, -0.25) is 0 Å². The maximum atomic E-state index is 12.6. The molecule has 1 aromatic rings. The number of hydrogen-bond donors (Lipinski definition) is 1. The van der Waals surface area contributed by atoms with Gasteiger partial charge in [0, 0.05) is 30.7 Å². The molecule has 19 heavy (non-hydrogen) atoms. The standard InChI is InChI=1S/C11H13Cl3N2O2S/c1-7-6-16(3-2-15-7)19(17,18)11-9(13)4-8(12)5-10(11)14/h4-5,7,15H,2-3,6H2,1H3. The summed E-state index contributed by atoms with van der Waals surface area (Å²) >= 11 is 17.8. The van der Waals surface area contributed by atoms with Crippen molar-refractivity contribution in [1.29, 1.82) is 0 Å². The zero-order chi connectivity index (χ0) is 14.2. The normalized spacial score (nSPS) is 21.6. The molecule has 1 N–H and O–H groups in total. The van der Waals surface area contributed by atoms with Gasteiger partial charge in [-0.15, -0.1) is 0 Å². The Balaban J connectivity index is 2.45. The SMILES string of the molecule is CC1CN(S(=O)(=O)c2c(Cl)cc(Cl)cc2Cl)CCN1. The van der Waals surface area contributed by atoms with E-state index in [1.165, 1.54) is 16.4 Å². The lowest BCUT2D eigenvalue weighted by Gasteiger charge is -2.31. The van der Waals surface area contributed by atoms with E-state index >= 15 is 0 Å². The third-order valence-corrected chi connectivity index (χ3v) is 5.90. The van der Waals surface area contributed by atoms with Crippen molar-refractivity contribution in [2.24, 2.45) is 0 Å². The van der Waals surface area contributed by atoms with Crippen LogP contribution in [0.25, 0.3) is 0 Å². The Kier molecular flexibility index (Phi) is 4.65. The number of nitrogens with one attached hydrogen (secondary N) is 1. The Bertz CT molecular complexity index is 569. The minimum atomic E-state index is -3.70. The first-order chi connectivity index (χ1) is 8.82. The van der Waals surface area contributed by atoms with Gasteiger partial charge in [0.2, 0.25) is 10.0 Å². The summed E-state index contributed by atoms with van der Waals surface area (Å²) in [6.07, 6.45) is 0. The van der Waals surface area contributed by atoms with Crippen molar-refractivity contribution < 1.29 is 8.42 Å². The van der Waals surface area contributed by atoms with Gasteiger partial charge in [-0.1, -0.05) is 34.8 Å². The molecule has 0 spiro atoms. The minimum Gasteiger partial charge on any atom is -0.312 e. The summed E-state index contributed by atoms with van der Waals surface area (Å²) in [4.78, 5) is -0.0747. The summed E-state index contributed by atoms with van der Waals surface area (Å²) in [5.74, 6) is 0. The molecule has 1 unspecified atom stereocenters. The molecule has 1 heterocycles. The van der Waals surface area contributed by atoms with Gasteiger partial charge in [-0.05, 0) is 19.1 Å². The van der Waals surface area contributed by atoms with E-state index < -0.39 is 10.0 Å². The highest BCUT2D eigenvalue weighted by Gasteiger charge is 2.32. The maximum absolute atomic E-state index is 12.6. The molecule has 1 aliphatic rings. The van der Waals surface area contributed by atoms with Crippen LogP contribution < -0.4 is 5.32 Å². The number of benzene rings is 1. The average molecular weight is 344 g/mol. The van der Waals surface area contributed by atoms with Gasteiger partial charge < -0.3 is 5.32 Å². The van der Waals surface area contributed by atoms with E-state index in [0.29, 0.717) is 24.7 Å². The van der Waals surface area contributed by atoms with Crippen LogP contribution in [0.5, 0.6) is 0 Å². The fourth-order valence-corrected chi connectivity index (χ4v) is 5.04. The van der Waals surface area contributed by atoms with Crippen molar-refractivity contribution in [2.75, 3.05) is 19.6 Å². The predicted octanol–water partition coefficient (Wildman–Crippen LogP) is 2.63. The molecule has 8 heteroatoms. The lowest BCUT2D eigenvalue weighted by atomic mass is 10.3. The number of rotatable bonds is 2. The van der Waals surface area contributed by atoms with E-state index in [9.17, 15) is 8.42 Å². The molecular weight excluding hydrogens is 331 g/mol. The Morgan fingerprint density at radius 3 is 2.37 bits per heavy atom. The molecule has 4 nitrogen and oxygen atoms in total. The van der Waals surface area contributed by atoms with E-state index in [1.807, 2.05) is 6.92 Å². The van der Waals surface area contributed by atoms with Crippen LogP contribution in [0, 0.1) is 0 Å². The number of piperazine rings is 1. The molecule has 1 atom stereocenters. The molecule has 1 aliphatic heterocycles. The van der Waals surface area contributed by atoms with Gasteiger partial charge in [-0.25, -0.2) is 8.42 Å². The quantitative estimate of drug-likeness (QED) is 0.898. The molecule has 0 aliphatic carbocycles.